The van der Waals surface area contributed by atoms with E-state index in [0.29, 0.717) is 11.5 Å². The fourth-order valence-electron chi connectivity index (χ4n) is 5.37. The lowest BCUT2D eigenvalue weighted by Gasteiger charge is -2.35. The third-order valence-corrected chi connectivity index (χ3v) is 6.28. The van der Waals surface area contributed by atoms with E-state index in [-0.39, 0.29) is 0 Å². The molecular formula is C19H33N. The van der Waals surface area contributed by atoms with Gasteiger partial charge in [0.25, 0.3) is 0 Å². The van der Waals surface area contributed by atoms with Crippen LogP contribution in [0.4, 0.5) is 0 Å². The molecule has 1 nitrogen and oxygen atoms in total. The molecule has 0 aromatic rings. The lowest BCUT2D eigenvalue weighted by molar-refractivity contribution is 0.200. The van der Waals surface area contributed by atoms with Crippen molar-refractivity contribution in [1.82, 2.24) is 5.32 Å². The lowest BCUT2D eigenvalue weighted by atomic mass is 9.78. The highest BCUT2D eigenvalue weighted by Gasteiger charge is 2.40. The summed E-state index contributed by atoms with van der Waals surface area (Å²) in [7, 11) is 0. The molecule has 4 unspecified atom stereocenters. The van der Waals surface area contributed by atoms with E-state index in [4.69, 9.17) is 0 Å². The Kier molecular flexibility index (Phi) is 4.26. The van der Waals surface area contributed by atoms with Crippen molar-refractivity contribution < 1.29 is 0 Å². The Morgan fingerprint density at radius 1 is 1.10 bits per heavy atom. The molecule has 1 N–H and O–H groups in total. The number of allylic oxidation sites excluding steroid dienone is 2. The topological polar surface area (TPSA) is 12.0 Å². The molecule has 2 fully saturated rings. The third kappa shape index (κ3) is 2.98. The minimum atomic E-state index is 0.621. The van der Waals surface area contributed by atoms with Crippen LogP contribution in [0.15, 0.2) is 12.2 Å². The van der Waals surface area contributed by atoms with Crippen LogP contribution >= 0.6 is 0 Å². The van der Waals surface area contributed by atoms with Gasteiger partial charge in [-0.2, -0.15) is 0 Å². The van der Waals surface area contributed by atoms with Crippen LogP contribution < -0.4 is 5.32 Å². The Morgan fingerprint density at radius 3 is 2.40 bits per heavy atom. The van der Waals surface area contributed by atoms with Crippen LogP contribution in [0.2, 0.25) is 0 Å². The van der Waals surface area contributed by atoms with Crippen LogP contribution in [0.1, 0.15) is 65.7 Å². The molecule has 114 valence electrons. The van der Waals surface area contributed by atoms with Crippen LogP contribution in [-0.2, 0) is 0 Å². The average molecular weight is 275 g/mol. The van der Waals surface area contributed by atoms with Gasteiger partial charge in [-0.25, -0.2) is 0 Å². The van der Waals surface area contributed by atoms with Gasteiger partial charge in [0, 0.05) is 12.6 Å². The van der Waals surface area contributed by atoms with E-state index in [0.717, 1.165) is 23.7 Å². The summed E-state index contributed by atoms with van der Waals surface area (Å²) < 4.78 is 0. The van der Waals surface area contributed by atoms with E-state index in [2.05, 4.69) is 38.2 Å². The molecule has 20 heavy (non-hydrogen) atoms. The summed E-state index contributed by atoms with van der Waals surface area (Å²) in [5.74, 6) is 3.54. The molecule has 0 aliphatic heterocycles. The first-order valence-electron chi connectivity index (χ1n) is 9.00. The standard InChI is InChI=1S/C19H33N/c1-14(2)12-19(8-4-5-9-19)13-20-15(3)18-11-16-6-7-17(18)10-16/h6-7,14-18,20H,4-5,8-13H2,1-3H3. The van der Waals surface area contributed by atoms with E-state index in [1.807, 2.05) is 0 Å². The summed E-state index contributed by atoms with van der Waals surface area (Å²) in [5, 5.41) is 3.96. The smallest absolute Gasteiger partial charge is 0.00730 e. The zero-order valence-electron chi connectivity index (χ0n) is 13.7. The van der Waals surface area contributed by atoms with Gasteiger partial charge < -0.3 is 5.32 Å². The van der Waals surface area contributed by atoms with Gasteiger partial charge in [0.1, 0.15) is 0 Å². The summed E-state index contributed by atoms with van der Waals surface area (Å²) in [6, 6.07) is 0.708. The van der Waals surface area contributed by atoms with Gasteiger partial charge >= 0.3 is 0 Å². The molecule has 2 bridgehead atoms. The molecule has 0 spiro atoms. The summed E-state index contributed by atoms with van der Waals surface area (Å²) in [5.41, 5.74) is 0.621. The van der Waals surface area contributed by atoms with Gasteiger partial charge in [-0.3, -0.25) is 0 Å². The van der Waals surface area contributed by atoms with Crippen molar-refractivity contribution in [3.63, 3.8) is 0 Å². The third-order valence-electron chi connectivity index (χ3n) is 6.28. The van der Waals surface area contributed by atoms with E-state index in [1.54, 1.807) is 0 Å². The minimum absolute atomic E-state index is 0.621. The Bertz CT molecular complexity index is 351. The zero-order valence-corrected chi connectivity index (χ0v) is 13.7. The van der Waals surface area contributed by atoms with Crippen LogP contribution in [-0.4, -0.2) is 12.6 Å². The molecule has 0 heterocycles. The molecule has 2 saturated carbocycles. The average Bonchev–Trinajstić information content (AvgIpc) is 3.11. The van der Waals surface area contributed by atoms with Crippen molar-refractivity contribution in [3.05, 3.63) is 12.2 Å². The monoisotopic (exact) mass is 275 g/mol. The summed E-state index contributed by atoms with van der Waals surface area (Å²) >= 11 is 0. The van der Waals surface area contributed by atoms with Crippen molar-refractivity contribution in [3.8, 4) is 0 Å². The first kappa shape index (κ1) is 14.6. The number of nitrogens with one attached hydrogen (secondary N) is 1. The summed E-state index contributed by atoms with van der Waals surface area (Å²) in [6.45, 7) is 8.50. The molecule has 4 atom stereocenters. The normalized spacial score (nSPS) is 36.1. The molecule has 3 rings (SSSR count). The molecular weight excluding hydrogens is 242 g/mol. The van der Waals surface area contributed by atoms with E-state index in [1.165, 1.54) is 51.5 Å². The molecule has 0 radical (unpaired) electrons. The molecule has 0 saturated heterocycles. The Morgan fingerprint density at radius 2 is 1.85 bits per heavy atom. The van der Waals surface area contributed by atoms with Crippen molar-refractivity contribution in [2.75, 3.05) is 6.54 Å². The fourth-order valence-corrected chi connectivity index (χ4v) is 5.37. The lowest BCUT2D eigenvalue weighted by Crippen LogP contribution is -2.42. The second-order valence-electron chi connectivity index (χ2n) is 8.42. The van der Waals surface area contributed by atoms with Crippen molar-refractivity contribution in [1.29, 1.82) is 0 Å². The van der Waals surface area contributed by atoms with Crippen LogP contribution in [0.25, 0.3) is 0 Å². The first-order valence-corrected chi connectivity index (χ1v) is 9.00. The van der Waals surface area contributed by atoms with Gasteiger partial charge in [0.2, 0.25) is 0 Å². The maximum Gasteiger partial charge on any atom is 0.00730 e. The molecule has 1 heteroatoms. The Hall–Kier alpha value is -0.300. The number of hydrogen-bond donors (Lipinski definition) is 1. The number of rotatable bonds is 6. The van der Waals surface area contributed by atoms with Crippen molar-refractivity contribution in [2.45, 2.75) is 71.8 Å². The highest BCUT2D eigenvalue weighted by atomic mass is 14.9. The van der Waals surface area contributed by atoms with Crippen LogP contribution in [0.3, 0.4) is 0 Å². The summed E-state index contributed by atoms with van der Waals surface area (Å²) in [6.07, 6.45) is 15.1. The van der Waals surface area contributed by atoms with Crippen molar-refractivity contribution >= 4 is 0 Å². The predicted octanol–water partition coefficient (Wildman–Crippen LogP) is 4.78. The second-order valence-corrected chi connectivity index (χ2v) is 8.42. The Balaban J connectivity index is 1.53. The highest BCUT2D eigenvalue weighted by molar-refractivity contribution is 5.11. The predicted molar refractivity (Wildman–Crippen MR) is 86.7 cm³/mol. The Labute approximate surface area is 125 Å². The quantitative estimate of drug-likeness (QED) is 0.688. The second kappa shape index (κ2) is 5.83. The van der Waals surface area contributed by atoms with E-state index >= 15 is 0 Å². The maximum absolute atomic E-state index is 3.96. The molecule has 0 aromatic carbocycles. The minimum Gasteiger partial charge on any atom is -0.313 e. The van der Waals surface area contributed by atoms with E-state index < -0.39 is 0 Å². The van der Waals surface area contributed by atoms with Crippen LogP contribution in [0, 0.1) is 29.1 Å². The summed E-state index contributed by atoms with van der Waals surface area (Å²) in [4.78, 5) is 0. The van der Waals surface area contributed by atoms with Crippen LogP contribution in [0.5, 0.6) is 0 Å². The molecule has 3 aliphatic rings. The fraction of sp³-hybridized carbons (Fsp3) is 0.895. The molecule has 0 amide bonds. The van der Waals surface area contributed by atoms with Gasteiger partial charge in [0.05, 0.1) is 0 Å². The van der Waals surface area contributed by atoms with Crippen molar-refractivity contribution in [2.24, 2.45) is 29.1 Å². The number of hydrogen-bond acceptors (Lipinski definition) is 1. The molecule has 0 aromatic heterocycles. The highest BCUT2D eigenvalue weighted by Crippen LogP contribution is 2.46. The SMILES string of the molecule is CC(C)CC1(CNC(C)C2CC3C=CC2C3)CCCC1. The van der Waals surface area contributed by atoms with Gasteiger partial charge in [0.15, 0.2) is 0 Å². The largest absolute Gasteiger partial charge is 0.313 e. The zero-order chi connectivity index (χ0) is 14.2. The maximum atomic E-state index is 3.96. The van der Waals surface area contributed by atoms with E-state index in [9.17, 15) is 0 Å². The first-order chi connectivity index (χ1) is 9.58. The van der Waals surface area contributed by atoms with Gasteiger partial charge in [-0.1, -0.05) is 38.8 Å². The molecule has 3 aliphatic carbocycles. The van der Waals surface area contributed by atoms with Gasteiger partial charge in [-0.05, 0) is 68.1 Å². The van der Waals surface area contributed by atoms with Gasteiger partial charge in [-0.15, -0.1) is 0 Å². The number of fused-ring (bicyclic) bond motifs is 2.